The molecule has 6 heteroatoms. The second kappa shape index (κ2) is 9.22. The van der Waals surface area contributed by atoms with Gasteiger partial charge in [-0.05, 0) is 63.3 Å². The van der Waals surface area contributed by atoms with Crippen molar-refractivity contribution >= 4 is 17.6 Å². The van der Waals surface area contributed by atoms with Gasteiger partial charge in [0.2, 0.25) is 5.91 Å². The molecule has 1 atom stereocenters. The van der Waals surface area contributed by atoms with Crippen LogP contribution in [0.1, 0.15) is 44.1 Å². The normalized spacial score (nSPS) is 15.3. The number of carbonyl (C=O) groups is 2. The molecule has 1 amide bonds. The highest BCUT2D eigenvalue weighted by Gasteiger charge is 2.21. The molecule has 1 aromatic rings. The zero-order chi connectivity index (χ0) is 18.2. The number of phenols is 1. The Labute approximate surface area is 147 Å². The van der Waals surface area contributed by atoms with Gasteiger partial charge in [-0.2, -0.15) is 0 Å². The first-order valence-corrected chi connectivity index (χ1v) is 8.69. The summed E-state index contributed by atoms with van der Waals surface area (Å²) in [6, 6.07) is 3.92. The van der Waals surface area contributed by atoms with Crippen LogP contribution in [0, 0.1) is 6.92 Å². The third-order valence-electron chi connectivity index (χ3n) is 4.34. The maximum atomic E-state index is 12.1. The van der Waals surface area contributed by atoms with E-state index in [1.165, 1.54) is 24.5 Å². The van der Waals surface area contributed by atoms with Crippen LogP contribution < -0.4 is 10.6 Å². The fourth-order valence-corrected chi connectivity index (χ4v) is 2.92. The van der Waals surface area contributed by atoms with Crippen molar-refractivity contribution in [1.29, 1.82) is 0 Å². The Morgan fingerprint density at radius 1 is 1.28 bits per heavy atom. The maximum absolute atomic E-state index is 12.1. The van der Waals surface area contributed by atoms with Gasteiger partial charge in [-0.15, -0.1) is 0 Å². The molecule has 2 rings (SSSR count). The number of benzene rings is 1. The van der Waals surface area contributed by atoms with Crippen molar-refractivity contribution in [3.05, 3.63) is 35.4 Å². The SMILES string of the molecule is Cc1ccc(O)c(NC(=O)CC(NCCC2=CCCCC2)C(=O)O)c1. The number of rotatable bonds is 8. The molecule has 1 aromatic carbocycles. The fraction of sp³-hybridized carbons (Fsp3) is 0.474. The van der Waals surface area contributed by atoms with Crippen LogP contribution in [0.15, 0.2) is 29.8 Å². The molecule has 0 spiro atoms. The lowest BCUT2D eigenvalue weighted by atomic mass is 9.97. The molecule has 136 valence electrons. The number of aliphatic carboxylic acids is 1. The van der Waals surface area contributed by atoms with E-state index < -0.39 is 17.9 Å². The summed E-state index contributed by atoms with van der Waals surface area (Å²) in [6.07, 6.45) is 7.43. The Bertz CT molecular complexity index is 655. The zero-order valence-electron chi connectivity index (χ0n) is 14.5. The lowest BCUT2D eigenvalue weighted by Crippen LogP contribution is -2.40. The highest BCUT2D eigenvalue weighted by atomic mass is 16.4. The number of carboxylic acids is 1. The molecule has 0 saturated carbocycles. The molecule has 0 aromatic heterocycles. The molecule has 0 heterocycles. The number of carboxylic acid groups (broad SMARTS) is 1. The summed E-state index contributed by atoms with van der Waals surface area (Å²) in [7, 11) is 0. The first kappa shape index (κ1) is 19.0. The van der Waals surface area contributed by atoms with Crippen LogP contribution >= 0.6 is 0 Å². The van der Waals surface area contributed by atoms with Crippen LogP contribution in [-0.4, -0.2) is 34.7 Å². The van der Waals surface area contributed by atoms with Crippen molar-refractivity contribution in [2.24, 2.45) is 0 Å². The fourth-order valence-electron chi connectivity index (χ4n) is 2.92. The summed E-state index contributed by atoms with van der Waals surface area (Å²) >= 11 is 0. The molecule has 1 aliphatic rings. The average Bonchev–Trinajstić information content (AvgIpc) is 2.58. The van der Waals surface area contributed by atoms with Gasteiger partial charge in [-0.25, -0.2) is 0 Å². The minimum atomic E-state index is -1.05. The van der Waals surface area contributed by atoms with Crippen molar-refractivity contribution in [3.8, 4) is 5.75 Å². The minimum Gasteiger partial charge on any atom is -0.506 e. The number of aromatic hydroxyl groups is 1. The lowest BCUT2D eigenvalue weighted by molar-refractivity contribution is -0.141. The Kier molecular flexibility index (Phi) is 7.01. The Morgan fingerprint density at radius 3 is 2.76 bits per heavy atom. The van der Waals surface area contributed by atoms with Crippen molar-refractivity contribution in [1.82, 2.24) is 5.32 Å². The van der Waals surface area contributed by atoms with Crippen molar-refractivity contribution < 1.29 is 19.8 Å². The average molecular weight is 346 g/mol. The van der Waals surface area contributed by atoms with Gasteiger partial charge >= 0.3 is 5.97 Å². The molecule has 0 radical (unpaired) electrons. The van der Waals surface area contributed by atoms with E-state index >= 15 is 0 Å². The number of phenolic OH excluding ortho intramolecular Hbond substituents is 1. The van der Waals surface area contributed by atoms with Gasteiger partial charge < -0.3 is 20.8 Å². The number of hydrogen-bond acceptors (Lipinski definition) is 4. The number of allylic oxidation sites excluding steroid dienone is 1. The van der Waals surface area contributed by atoms with Crippen LogP contribution in [0.5, 0.6) is 5.75 Å². The van der Waals surface area contributed by atoms with Crippen LogP contribution in [0.4, 0.5) is 5.69 Å². The van der Waals surface area contributed by atoms with Crippen molar-refractivity contribution in [2.45, 2.75) is 51.5 Å². The Balaban J connectivity index is 1.85. The first-order chi connectivity index (χ1) is 12.0. The monoisotopic (exact) mass is 346 g/mol. The number of aryl methyl sites for hydroxylation is 1. The summed E-state index contributed by atoms with van der Waals surface area (Å²) in [5, 5.41) is 24.6. The van der Waals surface area contributed by atoms with E-state index in [0.29, 0.717) is 12.2 Å². The molecule has 1 unspecified atom stereocenters. The smallest absolute Gasteiger partial charge is 0.321 e. The van der Waals surface area contributed by atoms with Gasteiger partial charge in [0.1, 0.15) is 11.8 Å². The van der Waals surface area contributed by atoms with Gasteiger partial charge in [0.15, 0.2) is 0 Å². The minimum absolute atomic E-state index is 0.0389. The highest BCUT2D eigenvalue weighted by Crippen LogP contribution is 2.24. The second-order valence-corrected chi connectivity index (χ2v) is 6.48. The van der Waals surface area contributed by atoms with Crippen LogP contribution in [0.3, 0.4) is 0 Å². The second-order valence-electron chi connectivity index (χ2n) is 6.48. The van der Waals surface area contributed by atoms with E-state index in [4.69, 9.17) is 0 Å². The summed E-state index contributed by atoms with van der Waals surface area (Å²) in [5.74, 6) is -1.54. The van der Waals surface area contributed by atoms with Crippen LogP contribution in [0.2, 0.25) is 0 Å². The number of nitrogens with one attached hydrogen (secondary N) is 2. The van der Waals surface area contributed by atoms with Crippen molar-refractivity contribution in [2.75, 3.05) is 11.9 Å². The van der Waals surface area contributed by atoms with Gasteiger partial charge in [-0.1, -0.05) is 17.7 Å². The van der Waals surface area contributed by atoms with E-state index in [1.807, 2.05) is 6.92 Å². The van der Waals surface area contributed by atoms with Gasteiger partial charge in [0, 0.05) is 0 Å². The molecule has 0 bridgehead atoms. The van der Waals surface area contributed by atoms with Crippen LogP contribution in [0.25, 0.3) is 0 Å². The number of carbonyl (C=O) groups excluding carboxylic acids is 1. The summed E-state index contributed by atoms with van der Waals surface area (Å²) in [4.78, 5) is 23.5. The zero-order valence-corrected chi connectivity index (χ0v) is 14.5. The predicted molar refractivity (Wildman–Crippen MR) is 96.7 cm³/mol. The molecular weight excluding hydrogens is 320 g/mol. The molecule has 25 heavy (non-hydrogen) atoms. The molecule has 0 fully saturated rings. The first-order valence-electron chi connectivity index (χ1n) is 8.69. The van der Waals surface area contributed by atoms with E-state index in [0.717, 1.165) is 24.8 Å². The van der Waals surface area contributed by atoms with E-state index in [2.05, 4.69) is 16.7 Å². The largest absolute Gasteiger partial charge is 0.506 e. The van der Waals surface area contributed by atoms with Gasteiger partial charge in [-0.3, -0.25) is 9.59 Å². The number of hydrogen-bond donors (Lipinski definition) is 4. The standard InChI is InChI=1S/C19H26N2O4/c1-13-7-8-17(22)15(11-13)21-18(23)12-16(19(24)25)20-10-9-14-5-3-2-4-6-14/h5,7-8,11,16,20,22H,2-4,6,9-10,12H2,1H3,(H,21,23)(H,24,25). The van der Waals surface area contributed by atoms with E-state index in [9.17, 15) is 19.8 Å². The molecule has 0 saturated heterocycles. The van der Waals surface area contributed by atoms with Gasteiger partial charge in [0.05, 0.1) is 12.1 Å². The van der Waals surface area contributed by atoms with Crippen molar-refractivity contribution in [3.63, 3.8) is 0 Å². The quantitative estimate of drug-likeness (QED) is 0.428. The van der Waals surface area contributed by atoms with E-state index in [-0.39, 0.29) is 12.2 Å². The van der Waals surface area contributed by atoms with E-state index in [1.54, 1.807) is 12.1 Å². The number of amides is 1. The highest BCUT2D eigenvalue weighted by molar-refractivity contribution is 5.95. The molecule has 6 nitrogen and oxygen atoms in total. The summed E-state index contributed by atoms with van der Waals surface area (Å²) < 4.78 is 0. The summed E-state index contributed by atoms with van der Waals surface area (Å²) in [6.45, 7) is 2.38. The maximum Gasteiger partial charge on any atom is 0.321 e. The predicted octanol–water partition coefficient (Wildman–Crippen LogP) is 2.96. The Morgan fingerprint density at radius 2 is 2.08 bits per heavy atom. The molecule has 1 aliphatic carbocycles. The van der Waals surface area contributed by atoms with Gasteiger partial charge in [0.25, 0.3) is 0 Å². The lowest BCUT2D eigenvalue weighted by Gasteiger charge is -2.17. The van der Waals surface area contributed by atoms with Crippen LogP contribution in [-0.2, 0) is 9.59 Å². The Hall–Kier alpha value is -2.34. The molecule has 0 aliphatic heterocycles. The third kappa shape index (κ3) is 6.23. The number of anilines is 1. The summed E-state index contributed by atoms with van der Waals surface area (Å²) in [5.41, 5.74) is 2.54. The molecule has 4 N–H and O–H groups in total. The topological polar surface area (TPSA) is 98.7 Å². The molecular formula is C19H26N2O4. The third-order valence-corrected chi connectivity index (χ3v) is 4.34.